The molecule has 0 aliphatic heterocycles. The second kappa shape index (κ2) is 16.9. The molecule has 4 heteroatoms. The van der Waals surface area contributed by atoms with Crippen LogP contribution in [0.4, 0.5) is 0 Å². The van der Waals surface area contributed by atoms with Crippen molar-refractivity contribution in [2.75, 3.05) is 6.61 Å². The van der Waals surface area contributed by atoms with Gasteiger partial charge in [-0.25, -0.2) is 4.79 Å². The van der Waals surface area contributed by atoms with Crippen molar-refractivity contribution in [3.63, 3.8) is 0 Å². The minimum atomic E-state index is -0.290. The van der Waals surface area contributed by atoms with E-state index >= 15 is 0 Å². The predicted molar refractivity (Wildman–Crippen MR) is 144 cm³/mol. The molecule has 2 aromatic carbocycles. The molecule has 1 unspecified atom stereocenters. The van der Waals surface area contributed by atoms with E-state index in [1.807, 2.05) is 36.4 Å². The van der Waals surface area contributed by atoms with Gasteiger partial charge in [0, 0.05) is 6.42 Å². The molecule has 2 rings (SSSR count). The summed E-state index contributed by atoms with van der Waals surface area (Å²) in [5.74, 6) is 0.468. The first-order valence-corrected chi connectivity index (χ1v) is 13.6. The highest BCUT2D eigenvalue weighted by Gasteiger charge is 2.10. The maximum atomic E-state index is 12.2. The normalized spacial score (nSPS) is 11.7. The lowest BCUT2D eigenvalue weighted by molar-refractivity contribution is -0.134. The Morgan fingerprint density at radius 2 is 1.23 bits per heavy atom. The van der Waals surface area contributed by atoms with Crippen LogP contribution in [0.5, 0.6) is 5.75 Å². The van der Waals surface area contributed by atoms with Gasteiger partial charge in [-0.15, -0.1) is 0 Å². The first-order chi connectivity index (χ1) is 17.0. The molecule has 0 aromatic heterocycles. The van der Waals surface area contributed by atoms with Gasteiger partial charge in [-0.3, -0.25) is 4.79 Å². The molecule has 35 heavy (non-hydrogen) atoms. The van der Waals surface area contributed by atoms with Gasteiger partial charge in [0.2, 0.25) is 0 Å². The van der Waals surface area contributed by atoms with E-state index in [9.17, 15) is 9.59 Å². The topological polar surface area (TPSA) is 52.6 Å². The van der Waals surface area contributed by atoms with Crippen molar-refractivity contribution in [3.05, 3.63) is 54.1 Å². The van der Waals surface area contributed by atoms with Gasteiger partial charge in [0.05, 0.1) is 12.2 Å². The molecule has 192 valence electrons. The van der Waals surface area contributed by atoms with Crippen LogP contribution in [0.15, 0.2) is 48.5 Å². The third kappa shape index (κ3) is 11.6. The Balaban J connectivity index is 1.68. The minimum Gasteiger partial charge on any atom is -0.462 e. The average Bonchev–Trinajstić information content (AvgIpc) is 2.88. The Kier molecular flexibility index (Phi) is 13.8. The smallest absolute Gasteiger partial charge is 0.338 e. The summed E-state index contributed by atoms with van der Waals surface area (Å²) in [5.41, 5.74) is 2.54. The number of carbonyl (C=O) groups is 2. The fourth-order valence-corrected chi connectivity index (χ4v) is 3.87. The van der Waals surface area contributed by atoms with Crippen LogP contribution < -0.4 is 4.74 Å². The van der Waals surface area contributed by atoms with Crippen molar-refractivity contribution in [2.24, 2.45) is 5.92 Å². The molecule has 0 spiro atoms. The average molecular weight is 481 g/mol. The molecule has 2 aromatic rings. The number of hydrogen-bond donors (Lipinski definition) is 0. The Hall–Kier alpha value is -2.62. The Bertz CT molecular complexity index is 855. The van der Waals surface area contributed by atoms with Crippen molar-refractivity contribution >= 4 is 11.9 Å². The molecule has 0 saturated heterocycles. The second-order valence-electron chi connectivity index (χ2n) is 9.62. The van der Waals surface area contributed by atoms with E-state index in [0.29, 0.717) is 30.3 Å². The first kappa shape index (κ1) is 28.6. The standard InChI is InChI=1S/C31H44O4/c1-4-6-7-8-9-10-11-12-13-14-15-30(32)35-29-22-20-27(21-23-29)26-16-18-28(19-17-26)31(33)34-24-25(3)5-2/h16-23,25H,4-15,24H2,1-3H3. The van der Waals surface area contributed by atoms with Crippen molar-refractivity contribution < 1.29 is 19.1 Å². The zero-order valence-electron chi connectivity index (χ0n) is 22.0. The van der Waals surface area contributed by atoms with Gasteiger partial charge in [-0.2, -0.15) is 0 Å². The van der Waals surface area contributed by atoms with Crippen molar-refractivity contribution in [1.82, 2.24) is 0 Å². The number of hydrogen-bond acceptors (Lipinski definition) is 4. The maximum absolute atomic E-state index is 12.2. The molecule has 0 aliphatic rings. The number of carbonyl (C=O) groups excluding carboxylic acids is 2. The van der Waals surface area contributed by atoms with E-state index in [2.05, 4.69) is 20.8 Å². The molecule has 0 N–H and O–H groups in total. The maximum Gasteiger partial charge on any atom is 0.338 e. The molecule has 0 aliphatic carbocycles. The summed E-state index contributed by atoms with van der Waals surface area (Å²) in [6, 6.07) is 14.9. The fourth-order valence-electron chi connectivity index (χ4n) is 3.87. The van der Waals surface area contributed by atoms with Crippen LogP contribution in [-0.2, 0) is 9.53 Å². The highest BCUT2D eigenvalue weighted by Crippen LogP contribution is 2.23. The quantitative estimate of drug-likeness (QED) is 0.129. The number of benzene rings is 2. The van der Waals surface area contributed by atoms with E-state index in [0.717, 1.165) is 30.4 Å². The van der Waals surface area contributed by atoms with Gasteiger partial charge in [-0.05, 0) is 47.7 Å². The van der Waals surface area contributed by atoms with E-state index in [1.54, 1.807) is 12.1 Å². The molecule has 0 saturated carbocycles. The van der Waals surface area contributed by atoms with Gasteiger partial charge in [-0.1, -0.05) is 109 Å². The van der Waals surface area contributed by atoms with Gasteiger partial charge in [0.1, 0.15) is 5.75 Å². The van der Waals surface area contributed by atoms with Crippen LogP contribution in [0.3, 0.4) is 0 Å². The highest BCUT2D eigenvalue weighted by molar-refractivity contribution is 5.90. The number of rotatable bonds is 17. The summed E-state index contributed by atoms with van der Waals surface area (Å²) >= 11 is 0. The van der Waals surface area contributed by atoms with E-state index < -0.39 is 0 Å². The van der Waals surface area contributed by atoms with Crippen molar-refractivity contribution in [1.29, 1.82) is 0 Å². The van der Waals surface area contributed by atoms with Crippen LogP contribution in [0.25, 0.3) is 11.1 Å². The largest absolute Gasteiger partial charge is 0.462 e. The molecule has 0 radical (unpaired) electrons. The fraction of sp³-hybridized carbons (Fsp3) is 0.548. The van der Waals surface area contributed by atoms with Gasteiger partial charge >= 0.3 is 11.9 Å². The molecular formula is C31H44O4. The number of ether oxygens (including phenoxy) is 2. The summed E-state index contributed by atoms with van der Waals surface area (Å²) in [4.78, 5) is 24.3. The third-order valence-electron chi connectivity index (χ3n) is 6.47. The van der Waals surface area contributed by atoms with Crippen LogP contribution in [0.1, 0.15) is 108 Å². The van der Waals surface area contributed by atoms with Crippen LogP contribution in [0, 0.1) is 5.92 Å². The molecule has 1 atom stereocenters. The molecular weight excluding hydrogens is 436 g/mol. The first-order valence-electron chi connectivity index (χ1n) is 13.6. The van der Waals surface area contributed by atoms with Crippen LogP contribution in [0.2, 0.25) is 0 Å². The van der Waals surface area contributed by atoms with E-state index in [4.69, 9.17) is 9.47 Å². The summed E-state index contributed by atoms with van der Waals surface area (Å²) in [5, 5.41) is 0. The Morgan fingerprint density at radius 1 is 0.714 bits per heavy atom. The molecule has 0 fully saturated rings. The molecule has 0 amide bonds. The molecule has 0 heterocycles. The lowest BCUT2D eigenvalue weighted by atomic mass is 10.0. The highest BCUT2D eigenvalue weighted by atomic mass is 16.5. The van der Waals surface area contributed by atoms with Crippen molar-refractivity contribution in [3.8, 4) is 16.9 Å². The second-order valence-corrected chi connectivity index (χ2v) is 9.62. The number of unbranched alkanes of at least 4 members (excludes halogenated alkanes) is 9. The predicted octanol–water partition coefficient (Wildman–Crippen LogP) is 8.77. The zero-order valence-corrected chi connectivity index (χ0v) is 22.0. The zero-order chi connectivity index (χ0) is 25.3. The Labute approximate surface area is 212 Å². The van der Waals surface area contributed by atoms with Gasteiger partial charge in [0.25, 0.3) is 0 Å². The minimum absolute atomic E-state index is 0.169. The SMILES string of the molecule is CCCCCCCCCCCCC(=O)Oc1ccc(-c2ccc(C(=O)OCC(C)CC)cc2)cc1. The summed E-state index contributed by atoms with van der Waals surface area (Å²) < 4.78 is 10.9. The van der Waals surface area contributed by atoms with Crippen LogP contribution >= 0.6 is 0 Å². The summed E-state index contributed by atoms with van der Waals surface area (Å²) in [6.45, 7) is 6.83. The van der Waals surface area contributed by atoms with Crippen LogP contribution in [-0.4, -0.2) is 18.5 Å². The van der Waals surface area contributed by atoms with Gasteiger partial charge in [0.15, 0.2) is 0 Å². The van der Waals surface area contributed by atoms with E-state index in [1.165, 1.54) is 51.4 Å². The lowest BCUT2D eigenvalue weighted by Crippen LogP contribution is -2.11. The van der Waals surface area contributed by atoms with Crippen molar-refractivity contribution in [2.45, 2.75) is 97.8 Å². The molecule has 0 bridgehead atoms. The monoisotopic (exact) mass is 480 g/mol. The third-order valence-corrected chi connectivity index (χ3v) is 6.47. The van der Waals surface area contributed by atoms with E-state index in [-0.39, 0.29) is 11.9 Å². The summed E-state index contributed by atoms with van der Waals surface area (Å²) in [7, 11) is 0. The summed E-state index contributed by atoms with van der Waals surface area (Å²) in [6.07, 6.45) is 13.9. The number of esters is 2. The van der Waals surface area contributed by atoms with Gasteiger partial charge < -0.3 is 9.47 Å². The molecule has 4 nitrogen and oxygen atoms in total. The Morgan fingerprint density at radius 3 is 1.77 bits per heavy atom. The lowest BCUT2D eigenvalue weighted by Gasteiger charge is -2.10.